The minimum Gasteiger partial charge on any atom is -0.310 e. The maximum Gasteiger partial charge on any atom is 0.0540 e. The molecule has 0 bridgehead atoms. The van der Waals surface area contributed by atoms with Gasteiger partial charge in [0.25, 0.3) is 0 Å². The van der Waals surface area contributed by atoms with Crippen LogP contribution in [0.5, 0.6) is 0 Å². The number of benzene rings is 10. The molecule has 10 aromatic carbocycles. The van der Waals surface area contributed by atoms with Crippen molar-refractivity contribution >= 4 is 102 Å². The second-order valence-electron chi connectivity index (χ2n) is 15.3. The van der Waals surface area contributed by atoms with E-state index in [1.54, 1.807) is 0 Å². The van der Waals surface area contributed by atoms with E-state index in [-0.39, 0.29) is 0 Å². The lowest BCUT2D eigenvalue weighted by Gasteiger charge is -2.28. The third-order valence-electron chi connectivity index (χ3n) is 11.9. The summed E-state index contributed by atoms with van der Waals surface area (Å²) in [4.78, 5) is 2.44. The average molecular weight is 786 g/mol. The molecule has 3 heteroatoms. The minimum absolute atomic E-state index is 1.11. The first-order chi connectivity index (χ1) is 29.2. The normalized spacial score (nSPS) is 11.7. The molecule has 2 heterocycles. The van der Waals surface area contributed by atoms with Crippen LogP contribution in [0.3, 0.4) is 0 Å². The van der Waals surface area contributed by atoms with Gasteiger partial charge in [-0.2, -0.15) is 0 Å². The van der Waals surface area contributed by atoms with Gasteiger partial charge in [-0.15, -0.1) is 22.7 Å². The Balaban J connectivity index is 1.04. The van der Waals surface area contributed by atoms with Gasteiger partial charge in [-0.3, -0.25) is 0 Å². The zero-order valence-corrected chi connectivity index (χ0v) is 33.6. The van der Waals surface area contributed by atoms with Crippen molar-refractivity contribution in [2.45, 2.75) is 0 Å². The summed E-state index contributed by atoms with van der Waals surface area (Å²) in [6, 6.07) is 78.1. The van der Waals surface area contributed by atoms with E-state index in [0.717, 1.165) is 17.1 Å². The molecule has 2 aromatic heterocycles. The molecule has 0 aliphatic carbocycles. The van der Waals surface area contributed by atoms with Crippen LogP contribution >= 0.6 is 22.7 Å². The summed E-state index contributed by atoms with van der Waals surface area (Å²) in [7, 11) is 0. The molecule has 59 heavy (non-hydrogen) atoms. The number of nitrogens with zero attached hydrogens (tertiary/aromatic N) is 1. The first kappa shape index (κ1) is 34.0. The molecule has 0 spiro atoms. The predicted molar refractivity (Wildman–Crippen MR) is 258 cm³/mol. The Morgan fingerprint density at radius 1 is 0.305 bits per heavy atom. The third kappa shape index (κ3) is 5.73. The molecular weight excluding hydrogens is 751 g/mol. The summed E-state index contributed by atoms with van der Waals surface area (Å²) in [5.74, 6) is 0. The molecule has 276 valence electrons. The SMILES string of the molecule is c1ccc(N(c2ccc(-c3ccc4ccccc4c3)cc2)c2ccc(-c3ccc4ccccc4c3)cc2)c(-c2cccc3sc4ccc5c6ccccc6sc5c4c23)c1. The van der Waals surface area contributed by atoms with Crippen LogP contribution in [0.1, 0.15) is 0 Å². The fourth-order valence-electron chi connectivity index (χ4n) is 8.98. The number of thiophene rings is 2. The summed E-state index contributed by atoms with van der Waals surface area (Å²) >= 11 is 3.81. The van der Waals surface area contributed by atoms with Crippen LogP contribution in [-0.4, -0.2) is 0 Å². The van der Waals surface area contributed by atoms with Gasteiger partial charge in [-0.25, -0.2) is 0 Å². The van der Waals surface area contributed by atoms with Gasteiger partial charge >= 0.3 is 0 Å². The molecule has 0 unspecified atom stereocenters. The van der Waals surface area contributed by atoms with E-state index in [4.69, 9.17) is 0 Å². The van der Waals surface area contributed by atoms with Crippen molar-refractivity contribution in [3.8, 4) is 33.4 Å². The lowest BCUT2D eigenvalue weighted by molar-refractivity contribution is 1.28. The first-order valence-electron chi connectivity index (χ1n) is 20.1. The van der Waals surface area contributed by atoms with E-state index in [1.165, 1.54) is 95.3 Å². The summed E-state index contributed by atoms with van der Waals surface area (Å²) < 4.78 is 5.33. The second-order valence-corrected chi connectivity index (χ2v) is 17.4. The lowest BCUT2D eigenvalue weighted by atomic mass is 9.96. The highest BCUT2D eigenvalue weighted by atomic mass is 32.1. The Bertz CT molecular complexity index is 3430. The molecule has 0 atom stereocenters. The lowest BCUT2D eigenvalue weighted by Crippen LogP contribution is -2.11. The highest BCUT2D eigenvalue weighted by molar-refractivity contribution is 7.29. The third-order valence-corrected chi connectivity index (χ3v) is 14.2. The molecule has 0 aliphatic rings. The van der Waals surface area contributed by atoms with Crippen molar-refractivity contribution < 1.29 is 0 Å². The Hall–Kier alpha value is -7.04. The predicted octanol–water partition coefficient (Wildman–Crippen LogP) is 17.2. The van der Waals surface area contributed by atoms with Gasteiger partial charge in [-0.1, -0.05) is 152 Å². The zero-order valence-electron chi connectivity index (χ0n) is 32.0. The Morgan fingerprint density at radius 2 is 0.831 bits per heavy atom. The number of hydrogen-bond donors (Lipinski definition) is 0. The molecular formula is C56H35NS2. The monoisotopic (exact) mass is 785 g/mol. The van der Waals surface area contributed by atoms with E-state index in [9.17, 15) is 0 Å². The fraction of sp³-hybridized carbons (Fsp3) is 0. The van der Waals surface area contributed by atoms with Crippen molar-refractivity contribution in [2.75, 3.05) is 4.90 Å². The van der Waals surface area contributed by atoms with E-state index < -0.39 is 0 Å². The number of anilines is 3. The molecule has 0 saturated heterocycles. The average Bonchev–Trinajstić information content (AvgIpc) is 3.88. The van der Waals surface area contributed by atoms with Crippen molar-refractivity contribution in [1.82, 2.24) is 0 Å². The summed E-state index contributed by atoms with van der Waals surface area (Å²) in [6.45, 7) is 0. The standard InChI is InChI=1S/C56H35NS2/c1-3-12-40-34-42(22-20-36(40)10-1)38-24-28-44(29-25-38)57(45-30-26-39(27-31-45)43-23-21-37-11-2-4-13-41(37)35-43)50-17-7-5-14-46(50)48-16-9-19-52-54(48)55-53(58-52)33-32-49-47-15-6-8-18-51(47)59-56(49)55/h1-35H. The Kier molecular flexibility index (Phi) is 7.97. The van der Waals surface area contributed by atoms with Crippen molar-refractivity contribution in [3.63, 3.8) is 0 Å². The Morgan fingerprint density at radius 3 is 1.51 bits per heavy atom. The molecule has 0 fully saturated rings. The Labute approximate surface area is 350 Å². The molecule has 0 N–H and O–H groups in total. The van der Waals surface area contributed by atoms with Gasteiger partial charge in [0.1, 0.15) is 0 Å². The van der Waals surface area contributed by atoms with E-state index in [1.807, 2.05) is 22.7 Å². The number of fused-ring (bicyclic) bond motifs is 9. The highest BCUT2D eigenvalue weighted by Gasteiger charge is 2.22. The van der Waals surface area contributed by atoms with Gasteiger partial charge in [0.05, 0.1) is 5.69 Å². The second kappa shape index (κ2) is 13.8. The minimum atomic E-state index is 1.11. The van der Waals surface area contributed by atoms with Crippen LogP contribution in [0.4, 0.5) is 17.1 Å². The summed E-state index contributed by atoms with van der Waals surface area (Å²) in [6.07, 6.45) is 0. The molecule has 12 rings (SSSR count). The zero-order chi connectivity index (χ0) is 38.9. The maximum atomic E-state index is 2.44. The van der Waals surface area contributed by atoms with Gasteiger partial charge in [-0.05, 0) is 110 Å². The quantitative estimate of drug-likeness (QED) is 0.162. The molecule has 0 aliphatic heterocycles. The molecule has 0 saturated carbocycles. The summed E-state index contributed by atoms with van der Waals surface area (Å²) in [5.41, 5.74) is 10.6. The highest BCUT2D eigenvalue weighted by Crippen LogP contribution is 2.50. The van der Waals surface area contributed by atoms with E-state index in [0.29, 0.717) is 0 Å². The molecule has 12 aromatic rings. The van der Waals surface area contributed by atoms with Gasteiger partial charge < -0.3 is 4.90 Å². The van der Waals surface area contributed by atoms with Crippen LogP contribution in [0.25, 0.3) is 95.3 Å². The summed E-state index contributed by atoms with van der Waals surface area (Å²) in [5, 5.41) is 10.4. The van der Waals surface area contributed by atoms with Crippen LogP contribution in [0.2, 0.25) is 0 Å². The largest absolute Gasteiger partial charge is 0.310 e. The number of para-hydroxylation sites is 1. The van der Waals surface area contributed by atoms with Gasteiger partial charge in [0.15, 0.2) is 0 Å². The van der Waals surface area contributed by atoms with Crippen LogP contribution in [0.15, 0.2) is 212 Å². The van der Waals surface area contributed by atoms with Crippen LogP contribution < -0.4 is 4.90 Å². The van der Waals surface area contributed by atoms with E-state index >= 15 is 0 Å². The van der Waals surface area contributed by atoms with Crippen molar-refractivity contribution in [1.29, 1.82) is 0 Å². The fourth-order valence-corrected chi connectivity index (χ4v) is 11.4. The number of hydrogen-bond acceptors (Lipinski definition) is 3. The number of rotatable bonds is 6. The molecule has 0 amide bonds. The van der Waals surface area contributed by atoms with Gasteiger partial charge in [0.2, 0.25) is 0 Å². The molecule has 1 nitrogen and oxygen atoms in total. The first-order valence-corrected chi connectivity index (χ1v) is 21.7. The van der Waals surface area contributed by atoms with Crippen molar-refractivity contribution in [2.24, 2.45) is 0 Å². The topological polar surface area (TPSA) is 3.24 Å². The van der Waals surface area contributed by atoms with Gasteiger partial charge in [0, 0.05) is 57.3 Å². The van der Waals surface area contributed by atoms with Crippen LogP contribution in [0, 0.1) is 0 Å². The molecule has 0 radical (unpaired) electrons. The smallest absolute Gasteiger partial charge is 0.0540 e. The van der Waals surface area contributed by atoms with Crippen molar-refractivity contribution in [3.05, 3.63) is 212 Å². The van der Waals surface area contributed by atoms with Crippen LogP contribution in [-0.2, 0) is 0 Å². The maximum absolute atomic E-state index is 2.44. The van der Waals surface area contributed by atoms with E-state index in [2.05, 4.69) is 217 Å².